The summed E-state index contributed by atoms with van der Waals surface area (Å²) >= 11 is 0. The molecule has 0 aliphatic heterocycles. The number of fused-ring (bicyclic) bond motifs is 1. The number of nitrogens with zero attached hydrogens (tertiary/aromatic N) is 2. The van der Waals surface area contributed by atoms with Gasteiger partial charge in [-0.3, -0.25) is 4.79 Å². The van der Waals surface area contributed by atoms with E-state index in [1.54, 1.807) is 0 Å². The zero-order valence-electron chi connectivity index (χ0n) is 15.2. The Morgan fingerprint density at radius 1 is 1.00 bits per heavy atom. The molecule has 0 saturated heterocycles. The molecule has 4 heteroatoms. The Kier molecular flexibility index (Phi) is 4.71. The fraction of sp³-hybridized carbons (Fsp3) is 0.130. The van der Waals surface area contributed by atoms with E-state index in [-0.39, 0.29) is 11.8 Å². The van der Waals surface area contributed by atoms with Crippen LogP contribution >= 0.6 is 0 Å². The molecular weight excluding hydrogens is 334 g/mol. The number of nitrogens with one attached hydrogen (secondary N) is 1. The van der Waals surface area contributed by atoms with Crippen LogP contribution in [0.2, 0.25) is 0 Å². The minimum absolute atomic E-state index is 0.0000795. The monoisotopic (exact) mass is 355 g/mol. The third-order valence-corrected chi connectivity index (χ3v) is 4.75. The first-order valence-electron chi connectivity index (χ1n) is 9.15. The van der Waals surface area contributed by atoms with Gasteiger partial charge < -0.3 is 9.72 Å². The van der Waals surface area contributed by atoms with Crippen LogP contribution in [-0.4, -0.2) is 15.3 Å². The van der Waals surface area contributed by atoms with Gasteiger partial charge in [-0.25, -0.2) is 4.98 Å². The SMILES string of the molecule is CC[C@@H](C(=O)Nc1ccccc1-c1cn2ccccc2n1)c1ccccc1. The minimum Gasteiger partial charge on any atom is -0.325 e. The van der Waals surface area contributed by atoms with Gasteiger partial charge in [0.2, 0.25) is 5.91 Å². The molecule has 0 aliphatic rings. The van der Waals surface area contributed by atoms with E-state index < -0.39 is 0 Å². The average molecular weight is 355 g/mol. The van der Waals surface area contributed by atoms with E-state index in [0.717, 1.165) is 34.6 Å². The second-order valence-corrected chi connectivity index (χ2v) is 6.50. The number of aromatic nitrogens is 2. The number of rotatable bonds is 5. The zero-order chi connectivity index (χ0) is 18.6. The predicted octanol–water partition coefficient (Wildman–Crippen LogP) is 5.13. The molecule has 27 heavy (non-hydrogen) atoms. The third kappa shape index (κ3) is 3.47. The van der Waals surface area contributed by atoms with Crippen molar-refractivity contribution in [1.82, 2.24) is 9.38 Å². The smallest absolute Gasteiger partial charge is 0.231 e. The normalized spacial score (nSPS) is 12.0. The Morgan fingerprint density at radius 3 is 2.52 bits per heavy atom. The van der Waals surface area contributed by atoms with E-state index in [9.17, 15) is 4.79 Å². The Balaban J connectivity index is 1.66. The maximum atomic E-state index is 13.0. The summed E-state index contributed by atoms with van der Waals surface area (Å²) in [6, 6.07) is 23.6. The standard InChI is InChI=1S/C23H21N3O/c1-2-18(17-10-4-3-5-11-17)23(27)25-20-13-7-6-12-19(20)21-16-26-15-9-8-14-22(26)24-21/h3-16,18H,2H2,1H3,(H,25,27)/t18-/m1/s1. The lowest BCUT2D eigenvalue weighted by Crippen LogP contribution is -2.21. The molecule has 1 amide bonds. The highest BCUT2D eigenvalue weighted by molar-refractivity contribution is 5.99. The summed E-state index contributed by atoms with van der Waals surface area (Å²) in [7, 11) is 0. The van der Waals surface area contributed by atoms with Crippen molar-refractivity contribution in [3.8, 4) is 11.3 Å². The fourth-order valence-corrected chi connectivity index (χ4v) is 3.36. The molecule has 0 spiro atoms. The first-order valence-corrected chi connectivity index (χ1v) is 9.15. The Hall–Kier alpha value is -3.40. The van der Waals surface area contributed by atoms with Crippen molar-refractivity contribution < 1.29 is 4.79 Å². The van der Waals surface area contributed by atoms with Gasteiger partial charge in [-0.15, -0.1) is 0 Å². The van der Waals surface area contributed by atoms with Gasteiger partial charge in [0.15, 0.2) is 0 Å². The summed E-state index contributed by atoms with van der Waals surface area (Å²) in [5.74, 6) is -0.180. The second kappa shape index (κ2) is 7.46. The number of hydrogen-bond donors (Lipinski definition) is 1. The van der Waals surface area contributed by atoms with Crippen molar-refractivity contribution in [3.63, 3.8) is 0 Å². The minimum atomic E-state index is -0.180. The largest absolute Gasteiger partial charge is 0.325 e. The lowest BCUT2D eigenvalue weighted by molar-refractivity contribution is -0.117. The number of pyridine rings is 1. The molecule has 134 valence electrons. The van der Waals surface area contributed by atoms with Gasteiger partial charge in [-0.1, -0.05) is 61.5 Å². The first-order chi connectivity index (χ1) is 13.3. The Bertz CT molecular complexity index is 1040. The molecule has 2 aromatic carbocycles. The molecule has 0 aliphatic carbocycles. The zero-order valence-corrected chi connectivity index (χ0v) is 15.2. The molecule has 4 nitrogen and oxygen atoms in total. The molecule has 0 unspecified atom stereocenters. The van der Waals surface area contributed by atoms with Crippen LogP contribution in [0.3, 0.4) is 0 Å². The van der Waals surface area contributed by atoms with Gasteiger partial charge in [0, 0.05) is 18.0 Å². The first kappa shape index (κ1) is 17.0. The van der Waals surface area contributed by atoms with E-state index in [1.807, 2.05) is 96.5 Å². The number of benzene rings is 2. The van der Waals surface area contributed by atoms with Crippen molar-refractivity contribution in [1.29, 1.82) is 0 Å². The number of hydrogen-bond acceptors (Lipinski definition) is 2. The van der Waals surface area contributed by atoms with E-state index in [1.165, 1.54) is 0 Å². The van der Waals surface area contributed by atoms with E-state index >= 15 is 0 Å². The maximum Gasteiger partial charge on any atom is 0.231 e. The van der Waals surface area contributed by atoms with Crippen LogP contribution in [0.1, 0.15) is 24.8 Å². The lowest BCUT2D eigenvalue weighted by Gasteiger charge is -2.17. The average Bonchev–Trinajstić information content (AvgIpc) is 3.14. The molecule has 0 bridgehead atoms. The van der Waals surface area contributed by atoms with Crippen LogP contribution < -0.4 is 5.32 Å². The van der Waals surface area contributed by atoms with Crippen molar-refractivity contribution in [2.45, 2.75) is 19.3 Å². The molecule has 0 saturated carbocycles. The highest BCUT2D eigenvalue weighted by atomic mass is 16.1. The summed E-state index contributed by atoms with van der Waals surface area (Å²) < 4.78 is 1.98. The number of carbonyl (C=O) groups excluding carboxylic acids is 1. The molecule has 1 atom stereocenters. The molecule has 0 radical (unpaired) electrons. The molecular formula is C23H21N3O. The van der Waals surface area contributed by atoms with Crippen LogP contribution in [0.15, 0.2) is 85.2 Å². The molecule has 0 fully saturated rings. The topological polar surface area (TPSA) is 46.4 Å². The number of carbonyl (C=O) groups is 1. The fourth-order valence-electron chi connectivity index (χ4n) is 3.36. The van der Waals surface area contributed by atoms with E-state index in [2.05, 4.69) is 10.3 Å². The van der Waals surface area contributed by atoms with Crippen LogP contribution in [0.5, 0.6) is 0 Å². The van der Waals surface area contributed by atoms with Crippen LogP contribution in [0.25, 0.3) is 16.9 Å². The molecule has 2 aromatic heterocycles. The van der Waals surface area contributed by atoms with Crippen LogP contribution in [0, 0.1) is 0 Å². The lowest BCUT2D eigenvalue weighted by atomic mass is 9.95. The van der Waals surface area contributed by atoms with Crippen molar-refractivity contribution in [2.24, 2.45) is 0 Å². The summed E-state index contributed by atoms with van der Waals surface area (Å²) in [4.78, 5) is 17.6. The van der Waals surface area contributed by atoms with Crippen molar-refractivity contribution >= 4 is 17.2 Å². The Morgan fingerprint density at radius 2 is 1.74 bits per heavy atom. The molecule has 4 rings (SSSR count). The third-order valence-electron chi connectivity index (χ3n) is 4.75. The Labute approximate surface area is 158 Å². The quantitative estimate of drug-likeness (QED) is 0.539. The second-order valence-electron chi connectivity index (χ2n) is 6.50. The molecule has 4 aromatic rings. The van der Waals surface area contributed by atoms with Gasteiger partial charge >= 0.3 is 0 Å². The molecule has 2 heterocycles. The molecule has 1 N–H and O–H groups in total. The van der Waals surface area contributed by atoms with Crippen molar-refractivity contribution in [3.05, 3.63) is 90.8 Å². The highest BCUT2D eigenvalue weighted by Gasteiger charge is 2.20. The van der Waals surface area contributed by atoms with Gasteiger partial charge in [-0.2, -0.15) is 0 Å². The summed E-state index contributed by atoms with van der Waals surface area (Å²) in [6.07, 6.45) is 4.69. The summed E-state index contributed by atoms with van der Waals surface area (Å²) in [6.45, 7) is 2.03. The van der Waals surface area contributed by atoms with E-state index in [4.69, 9.17) is 0 Å². The number of imidazole rings is 1. The summed E-state index contributed by atoms with van der Waals surface area (Å²) in [5.41, 5.74) is 4.44. The van der Waals surface area contributed by atoms with Crippen LogP contribution in [0.4, 0.5) is 5.69 Å². The number of para-hydroxylation sites is 1. The predicted molar refractivity (Wildman–Crippen MR) is 109 cm³/mol. The van der Waals surface area contributed by atoms with Gasteiger partial charge in [0.1, 0.15) is 5.65 Å². The van der Waals surface area contributed by atoms with Gasteiger partial charge in [0.25, 0.3) is 0 Å². The van der Waals surface area contributed by atoms with Gasteiger partial charge in [-0.05, 0) is 30.2 Å². The van der Waals surface area contributed by atoms with Gasteiger partial charge in [0.05, 0.1) is 17.3 Å². The van der Waals surface area contributed by atoms with E-state index in [0.29, 0.717) is 0 Å². The number of anilines is 1. The number of amides is 1. The summed E-state index contributed by atoms with van der Waals surface area (Å²) in [5, 5.41) is 3.11. The van der Waals surface area contributed by atoms with Crippen LogP contribution in [-0.2, 0) is 4.79 Å². The maximum absolute atomic E-state index is 13.0. The highest BCUT2D eigenvalue weighted by Crippen LogP contribution is 2.29. The van der Waals surface area contributed by atoms with Crippen molar-refractivity contribution in [2.75, 3.05) is 5.32 Å².